The summed E-state index contributed by atoms with van der Waals surface area (Å²) in [5.41, 5.74) is 0.216. The Morgan fingerprint density at radius 3 is 2.20 bits per heavy atom. The molecule has 0 heterocycles. The van der Waals surface area contributed by atoms with E-state index in [1.165, 1.54) is 32.1 Å². The van der Waals surface area contributed by atoms with Crippen molar-refractivity contribution in [2.24, 2.45) is 10.8 Å². The highest BCUT2D eigenvalue weighted by Gasteiger charge is 2.44. The highest BCUT2D eigenvalue weighted by molar-refractivity contribution is 4.93. The Kier molecular flexibility index (Phi) is 4.19. The highest BCUT2D eigenvalue weighted by Crippen LogP contribution is 2.47. The van der Waals surface area contributed by atoms with Gasteiger partial charge in [0.2, 0.25) is 0 Å². The van der Waals surface area contributed by atoms with Crippen molar-refractivity contribution in [1.82, 2.24) is 0 Å². The Bertz CT molecular complexity index is 193. The van der Waals surface area contributed by atoms with E-state index in [-0.39, 0.29) is 16.9 Å². The molecule has 0 radical (unpaired) electrons. The maximum Gasteiger partial charge on any atom is 0.103 e. The molecule has 0 spiro atoms. The van der Waals surface area contributed by atoms with E-state index in [9.17, 15) is 5.26 Å². The van der Waals surface area contributed by atoms with Crippen LogP contribution in [0, 0.1) is 10.8 Å². The van der Waals surface area contributed by atoms with E-state index >= 15 is 0 Å². The highest BCUT2D eigenvalue weighted by atomic mass is 17.1. The maximum atomic E-state index is 9.21. The fourth-order valence-electron chi connectivity index (χ4n) is 3.02. The largest absolute Gasteiger partial charge is 0.251 e. The molecule has 1 fully saturated rings. The van der Waals surface area contributed by atoms with Gasteiger partial charge in [0, 0.05) is 0 Å². The predicted octanol–water partition coefficient (Wildman–Crippen LogP) is 4.25. The Hall–Kier alpha value is -0.0800. The molecule has 15 heavy (non-hydrogen) atoms. The first-order chi connectivity index (χ1) is 6.96. The lowest BCUT2D eigenvalue weighted by molar-refractivity contribution is -0.330. The summed E-state index contributed by atoms with van der Waals surface area (Å²) in [6.45, 7) is 8.81. The quantitative estimate of drug-likeness (QED) is 0.560. The van der Waals surface area contributed by atoms with Crippen LogP contribution in [0.2, 0.25) is 0 Å². The lowest BCUT2D eigenvalue weighted by atomic mass is 9.63. The first-order valence-electron chi connectivity index (χ1n) is 6.26. The topological polar surface area (TPSA) is 29.5 Å². The molecule has 90 valence electrons. The van der Waals surface area contributed by atoms with E-state index < -0.39 is 0 Å². The second-order valence-corrected chi connectivity index (χ2v) is 6.04. The van der Waals surface area contributed by atoms with Gasteiger partial charge in [0.15, 0.2) is 0 Å². The van der Waals surface area contributed by atoms with Gasteiger partial charge in [-0.2, -0.15) is 0 Å². The SMILES string of the molecule is CCC(C)(C)C(OO)C1(C)CCCCC1. The van der Waals surface area contributed by atoms with Gasteiger partial charge in [-0.15, -0.1) is 0 Å². The van der Waals surface area contributed by atoms with Gasteiger partial charge in [0.25, 0.3) is 0 Å². The Morgan fingerprint density at radius 2 is 1.80 bits per heavy atom. The molecule has 1 aliphatic rings. The molecule has 1 atom stereocenters. The van der Waals surface area contributed by atoms with Crippen molar-refractivity contribution in [3.8, 4) is 0 Å². The monoisotopic (exact) mass is 214 g/mol. The second kappa shape index (κ2) is 4.84. The molecular weight excluding hydrogens is 188 g/mol. The molecule has 1 aliphatic carbocycles. The van der Waals surface area contributed by atoms with Crippen molar-refractivity contribution < 1.29 is 10.1 Å². The maximum absolute atomic E-state index is 9.21. The number of hydrogen-bond acceptors (Lipinski definition) is 2. The molecule has 2 nitrogen and oxygen atoms in total. The van der Waals surface area contributed by atoms with Crippen LogP contribution in [-0.4, -0.2) is 11.4 Å². The first kappa shape index (κ1) is 13.0. The summed E-state index contributed by atoms with van der Waals surface area (Å²) < 4.78 is 0. The molecule has 1 unspecified atom stereocenters. The normalized spacial score (nSPS) is 23.8. The minimum absolute atomic E-state index is 0.0321. The number of hydrogen-bond donors (Lipinski definition) is 1. The summed E-state index contributed by atoms with van der Waals surface area (Å²) >= 11 is 0. The molecule has 1 saturated carbocycles. The molecule has 0 saturated heterocycles. The van der Waals surface area contributed by atoms with Gasteiger partial charge in [-0.1, -0.05) is 47.0 Å². The lowest BCUT2D eigenvalue weighted by Gasteiger charge is -2.46. The second-order valence-electron chi connectivity index (χ2n) is 6.04. The average molecular weight is 214 g/mol. The van der Waals surface area contributed by atoms with Crippen molar-refractivity contribution in [2.45, 2.75) is 72.3 Å². The van der Waals surface area contributed by atoms with Gasteiger partial charge in [-0.25, -0.2) is 4.89 Å². The van der Waals surface area contributed by atoms with Crippen molar-refractivity contribution in [1.29, 1.82) is 0 Å². The van der Waals surface area contributed by atoms with E-state index in [1.54, 1.807) is 0 Å². The third-order valence-electron chi connectivity index (χ3n) is 4.36. The van der Waals surface area contributed by atoms with E-state index in [4.69, 9.17) is 4.89 Å². The zero-order valence-electron chi connectivity index (χ0n) is 10.7. The van der Waals surface area contributed by atoms with Gasteiger partial charge in [0.1, 0.15) is 6.10 Å². The van der Waals surface area contributed by atoms with Gasteiger partial charge >= 0.3 is 0 Å². The van der Waals surface area contributed by atoms with E-state index in [1.807, 2.05) is 0 Å². The molecule has 2 heteroatoms. The molecular formula is C13H26O2. The van der Waals surface area contributed by atoms with Gasteiger partial charge < -0.3 is 0 Å². The zero-order valence-corrected chi connectivity index (χ0v) is 10.7. The van der Waals surface area contributed by atoms with Crippen LogP contribution < -0.4 is 0 Å². The Balaban J connectivity index is 2.80. The fraction of sp³-hybridized carbons (Fsp3) is 1.00. The molecule has 0 aromatic rings. The van der Waals surface area contributed by atoms with E-state index in [0.717, 1.165) is 6.42 Å². The van der Waals surface area contributed by atoms with Crippen molar-refractivity contribution in [3.63, 3.8) is 0 Å². The Labute approximate surface area is 93.9 Å². The van der Waals surface area contributed by atoms with E-state index in [0.29, 0.717) is 0 Å². The van der Waals surface area contributed by atoms with Crippen LogP contribution in [0.3, 0.4) is 0 Å². The molecule has 0 aromatic heterocycles. The van der Waals surface area contributed by atoms with Crippen LogP contribution >= 0.6 is 0 Å². The van der Waals surface area contributed by atoms with Crippen LogP contribution in [0.1, 0.15) is 66.2 Å². The summed E-state index contributed by atoms with van der Waals surface area (Å²) in [4.78, 5) is 4.85. The summed E-state index contributed by atoms with van der Waals surface area (Å²) in [7, 11) is 0. The molecule has 1 N–H and O–H groups in total. The predicted molar refractivity (Wildman–Crippen MR) is 62.8 cm³/mol. The van der Waals surface area contributed by atoms with Crippen molar-refractivity contribution in [3.05, 3.63) is 0 Å². The molecule has 0 amide bonds. The molecule has 0 aliphatic heterocycles. The van der Waals surface area contributed by atoms with Crippen molar-refractivity contribution in [2.75, 3.05) is 0 Å². The standard InChI is InChI=1S/C13H26O2/c1-5-12(2,3)11(15-14)13(4)9-7-6-8-10-13/h11,14H,5-10H2,1-4H3. The van der Waals surface area contributed by atoms with Crippen LogP contribution in [-0.2, 0) is 4.89 Å². The van der Waals surface area contributed by atoms with Crippen LogP contribution in [0.4, 0.5) is 0 Å². The zero-order chi connectivity index (χ0) is 11.5. The summed E-state index contributed by atoms with van der Waals surface area (Å²) in [5.74, 6) is 0. The molecule has 1 rings (SSSR count). The van der Waals surface area contributed by atoms with Gasteiger partial charge in [-0.3, -0.25) is 5.26 Å². The van der Waals surface area contributed by atoms with E-state index in [2.05, 4.69) is 27.7 Å². The molecule has 0 bridgehead atoms. The lowest BCUT2D eigenvalue weighted by Crippen LogP contribution is -2.45. The van der Waals surface area contributed by atoms with Crippen LogP contribution in [0.5, 0.6) is 0 Å². The first-order valence-corrected chi connectivity index (χ1v) is 6.26. The Morgan fingerprint density at radius 1 is 1.27 bits per heavy atom. The van der Waals surface area contributed by atoms with Crippen LogP contribution in [0.15, 0.2) is 0 Å². The third kappa shape index (κ3) is 2.73. The smallest absolute Gasteiger partial charge is 0.103 e. The van der Waals surface area contributed by atoms with Crippen molar-refractivity contribution >= 4 is 0 Å². The third-order valence-corrected chi connectivity index (χ3v) is 4.36. The fourth-order valence-corrected chi connectivity index (χ4v) is 3.02. The summed E-state index contributed by atoms with van der Waals surface area (Å²) in [6, 6.07) is 0. The van der Waals surface area contributed by atoms with Crippen LogP contribution in [0.25, 0.3) is 0 Å². The minimum Gasteiger partial charge on any atom is -0.251 e. The minimum atomic E-state index is -0.0321. The average Bonchev–Trinajstić information content (AvgIpc) is 2.19. The molecule has 0 aromatic carbocycles. The van der Waals surface area contributed by atoms with Gasteiger partial charge in [-0.05, 0) is 30.1 Å². The summed E-state index contributed by atoms with van der Waals surface area (Å²) in [5, 5.41) is 9.21. The summed E-state index contributed by atoms with van der Waals surface area (Å²) in [6.07, 6.45) is 7.25. The van der Waals surface area contributed by atoms with Gasteiger partial charge in [0.05, 0.1) is 0 Å². The number of rotatable bonds is 4.